The minimum Gasteiger partial charge on any atom is -0.493 e. The third-order valence-electron chi connectivity index (χ3n) is 5.14. The molecule has 1 aromatic heterocycles. The lowest BCUT2D eigenvalue weighted by molar-refractivity contribution is 0.428. The van der Waals surface area contributed by atoms with Gasteiger partial charge in [-0.2, -0.15) is 0 Å². The first kappa shape index (κ1) is 22.1. The third-order valence-corrected chi connectivity index (χ3v) is 5.82. The van der Waals surface area contributed by atoms with Gasteiger partial charge in [-0.3, -0.25) is 0 Å². The maximum atomic E-state index is 14.2. The van der Waals surface area contributed by atoms with Crippen LogP contribution in [0.4, 0.5) is 15.8 Å². The zero-order valence-electron chi connectivity index (χ0n) is 17.2. The van der Waals surface area contributed by atoms with E-state index < -0.39 is 0 Å². The SMILES string of the molecule is CCc1ccccc1NC(=S)N=Nc1c(O)n(Cc2ccccc2F)c2ccc(Br)cc12. The predicted octanol–water partition coefficient (Wildman–Crippen LogP) is 7.34. The van der Waals surface area contributed by atoms with Crippen LogP contribution in [0.25, 0.3) is 10.9 Å². The largest absolute Gasteiger partial charge is 0.493 e. The van der Waals surface area contributed by atoms with Crippen molar-refractivity contribution in [3.05, 3.63) is 88.1 Å². The molecule has 0 aliphatic carbocycles. The molecule has 0 unspecified atom stereocenters. The fourth-order valence-electron chi connectivity index (χ4n) is 3.54. The molecule has 0 spiro atoms. The number of nitrogens with one attached hydrogen (secondary N) is 1. The predicted molar refractivity (Wildman–Crippen MR) is 133 cm³/mol. The standard InChI is InChI=1S/C24H20BrFN4OS/c1-2-15-7-4-6-10-20(15)27-24(32)29-28-22-18-13-17(25)11-12-21(18)30(23(22)31)14-16-8-3-5-9-19(16)26/h3-13,31H,2,14H2,1H3,(H,27,32). The van der Waals surface area contributed by atoms with Crippen LogP contribution in [0.5, 0.6) is 5.88 Å². The maximum Gasteiger partial charge on any atom is 0.221 e. The first-order valence-corrected chi connectivity index (χ1v) is 11.2. The van der Waals surface area contributed by atoms with Crippen molar-refractivity contribution in [2.24, 2.45) is 10.2 Å². The van der Waals surface area contributed by atoms with E-state index in [0.717, 1.165) is 22.1 Å². The van der Waals surface area contributed by atoms with Crippen molar-refractivity contribution in [2.75, 3.05) is 5.32 Å². The van der Waals surface area contributed by atoms with Crippen LogP contribution in [0.15, 0.2) is 81.4 Å². The van der Waals surface area contributed by atoms with E-state index in [1.165, 1.54) is 6.07 Å². The highest BCUT2D eigenvalue weighted by molar-refractivity contribution is 9.10. The smallest absolute Gasteiger partial charge is 0.221 e. The van der Waals surface area contributed by atoms with Crippen LogP contribution in [-0.2, 0) is 13.0 Å². The molecule has 8 heteroatoms. The van der Waals surface area contributed by atoms with Crippen molar-refractivity contribution in [1.82, 2.24) is 4.57 Å². The van der Waals surface area contributed by atoms with Crippen molar-refractivity contribution < 1.29 is 9.50 Å². The van der Waals surface area contributed by atoms with E-state index in [1.54, 1.807) is 22.8 Å². The lowest BCUT2D eigenvalue weighted by Gasteiger charge is -2.08. The van der Waals surface area contributed by atoms with Crippen molar-refractivity contribution in [3.63, 3.8) is 0 Å². The molecule has 5 nitrogen and oxygen atoms in total. The van der Waals surface area contributed by atoms with Crippen LogP contribution in [-0.4, -0.2) is 14.8 Å². The average molecular weight is 511 g/mol. The van der Waals surface area contributed by atoms with Gasteiger partial charge in [-0.05, 0) is 54.5 Å². The molecular formula is C24H20BrFN4OS. The highest BCUT2D eigenvalue weighted by atomic mass is 79.9. The van der Waals surface area contributed by atoms with E-state index in [0.29, 0.717) is 16.5 Å². The fourth-order valence-corrected chi connectivity index (χ4v) is 4.05. The Hall–Kier alpha value is -3.10. The molecule has 0 radical (unpaired) electrons. The number of aryl methyl sites for hydroxylation is 1. The number of rotatable bonds is 5. The number of anilines is 1. The quantitative estimate of drug-likeness (QED) is 0.218. The van der Waals surface area contributed by atoms with Crippen LogP contribution in [0.2, 0.25) is 0 Å². The van der Waals surface area contributed by atoms with E-state index in [4.69, 9.17) is 12.2 Å². The van der Waals surface area contributed by atoms with Gasteiger partial charge in [0.25, 0.3) is 0 Å². The molecule has 0 bridgehead atoms. The molecule has 4 aromatic rings. The number of fused-ring (bicyclic) bond motifs is 1. The van der Waals surface area contributed by atoms with E-state index in [2.05, 4.69) is 38.4 Å². The van der Waals surface area contributed by atoms with Crippen molar-refractivity contribution in [3.8, 4) is 5.88 Å². The molecule has 0 saturated heterocycles. The Balaban J connectivity index is 1.69. The summed E-state index contributed by atoms with van der Waals surface area (Å²) in [5, 5.41) is 23.3. The number of aromatic nitrogens is 1. The minimum absolute atomic E-state index is 0.109. The van der Waals surface area contributed by atoms with E-state index in [9.17, 15) is 9.50 Å². The van der Waals surface area contributed by atoms with E-state index >= 15 is 0 Å². The van der Waals surface area contributed by atoms with Crippen LogP contribution < -0.4 is 5.32 Å². The molecule has 2 N–H and O–H groups in total. The normalized spacial score (nSPS) is 11.3. The summed E-state index contributed by atoms with van der Waals surface area (Å²) >= 11 is 8.80. The Morgan fingerprint density at radius 3 is 2.56 bits per heavy atom. The molecule has 0 atom stereocenters. The van der Waals surface area contributed by atoms with E-state index in [1.807, 2.05) is 42.5 Å². The molecule has 3 aromatic carbocycles. The van der Waals surface area contributed by atoms with Gasteiger partial charge in [0, 0.05) is 21.1 Å². The van der Waals surface area contributed by atoms with Crippen LogP contribution >= 0.6 is 28.1 Å². The van der Waals surface area contributed by atoms with Gasteiger partial charge in [0.05, 0.1) is 12.1 Å². The van der Waals surface area contributed by atoms with Gasteiger partial charge >= 0.3 is 0 Å². The van der Waals surface area contributed by atoms with Gasteiger partial charge in [0.1, 0.15) is 5.82 Å². The molecule has 0 amide bonds. The summed E-state index contributed by atoms with van der Waals surface area (Å²) in [6.45, 7) is 2.21. The zero-order chi connectivity index (χ0) is 22.7. The van der Waals surface area contributed by atoms with Gasteiger partial charge in [-0.15, -0.1) is 10.2 Å². The van der Waals surface area contributed by atoms with Gasteiger partial charge in [0.15, 0.2) is 5.69 Å². The topological polar surface area (TPSA) is 61.9 Å². The highest BCUT2D eigenvalue weighted by Gasteiger charge is 2.18. The number of thiocarbonyl (C=S) groups is 1. The summed E-state index contributed by atoms with van der Waals surface area (Å²) in [5.41, 5.74) is 3.41. The second-order valence-electron chi connectivity index (χ2n) is 7.15. The summed E-state index contributed by atoms with van der Waals surface area (Å²) in [6, 6.07) is 19.8. The van der Waals surface area contributed by atoms with Gasteiger partial charge < -0.3 is 15.0 Å². The number of para-hydroxylation sites is 1. The molecule has 0 saturated carbocycles. The Morgan fingerprint density at radius 2 is 1.81 bits per heavy atom. The first-order valence-electron chi connectivity index (χ1n) is 10.0. The minimum atomic E-state index is -0.339. The third kappa shape index (κ3) is 4.56. The molecule has 1 heterocycles. The van der Waals surface area contributed by atoms with Crippen LogP contribution in [0, 0.1) is 5.82 Å². The molecule has 32 heavy (non-hydrogen) atoms. The Morgan fingerprint density at radius 1 is 1.09 bits per heavy atom. The van der Waals surface area contributed by atoms with Gasteiger partial charge in [-0.1, -0.05) is 59.3 Å². The van der Waals surface area contributed by atoms with E-state index in [-0.39, 0.29) is 29.0 Å². The molecule has 0 fully saturated rings. The maximum absolute atomic E-state index is 14.2. The number of nitrogens with zero attached hydrogens (tertiary/aromatic N) is 3. The average Bonchev–Trinajstić information content (AvgIpc) is 3.04. The first-order chi connectivity index (χ1) is 15.5. The molecule has 0 aliphatic rings. The molecular weight excluding hydrogens is 491 g/mol. The number of aromatic hydroxyl groups is 1. The molecule has 0 aliphatic heterocycles. The fraction of sp³-hybridized carbons (Fsp3) is 0.125. The number of hydrogen-bond acceptors (Lipinski definition) is 3. The zero-order valence-corrected chi connectivity index (χ0v) is 19.6. The summed E-state index contributed by atoms with van der Waals surface area (Å²) in [5.74, 6) is -0.448. The van der Waals surface area contributed by atoms with Crippen molar-refractivity contribution in [2.45, 2.75) is 19.9 Å². The second kappa shape index (κ2) is 9.58. The second-order valence-corrected chi connectivity index (χ2v) is 8.45. The summed E-state index contributed by atoms with van der Waals surface area (Å²) in [4.78, 5) is 0. The highest BCUT2D eigenvalue weighted by Crippen LogP contribution is 2.40. The van der Waals surface area contributed by atoms with Crippen LogP contribution in [0.3, 0.4) is 0 Å². The number of hydrogen-bond donors (Lipinski definition) is 2. The summed E-state index contributed by atoms with van der Waals surface area (Å²) in [7, 11) is 0. The van der Waals surface area contributed by atoms with Gasteiger partial charge in [0.2, 0.25) is 11.0 Å². The Bertz CT molecular complexity index is 1340. The summed E-state index contributed by atoms with van der Waals surface area (Å²) < 4.78 is 16.7. The Kier molecular flexibility index (Phi) is 6.62. The summed E-state index contributed by atoms with van der Waals surface area (Å²) in [6.07, 6.45) is 0.848. The van der Waals surface area contributed by atoms with Crippen molar-refractivity contribution >= 4 is 55.5 Å². The lowest BCUT2D eigenvalue weighted by Crippen LogP contribution is -2.07. The molecule has 4 rings (SSSR count). The van der Waals surface area contributed by atoms with Gasteiger partial charge in [-0.25, -0.2) is 4.39 Å². The van der Waals surface area contributed by atoms with Crippen LogP contribution in [0.1, 0.15) is 18.1 Å². The monoisotopic (exact) mass is 510 g/mol. The number of benzene rings is 3. The lowest BCUT2D eigenvalue weighted by atomic mass is 10.1. The molecule has 162 valence electrons. The number of azo groups is 1. The Labute approximate surface area is 198 Å². The number of halogens is 2. The van der Waals surface area contributed by atoms with Crippen molar-refractivity contribution in [1.29, 1.82) is 0 Å².